The molecule has 1 aromatic rings. The molecule has 2 heterocycles. The molecule has 0 aromatic carbocycles. The fourth-order valence-electron chi connectivity index (χ4n) is 2.25. The van der Waals surface area contributed by atoms with Gasteiger partial charge in [-0.25, -0.2) is 0 Å². The number of hydrogen-bond acceptors (Lipinski definition) is 4. The number of hydrogen-bond donors (Lipinski definition) is 1. The van der Waals surface area contributed by atoms with Gasteiger partial charge in [-0.3, -0.25) is 9.59 Å². The maximum Gasteiger partial charge on any atom is 0.252 e. The summed E-state index contributed by atoms with van der Waals surface area (Å²) < 4.78 is 6.91. The Labute approximate surface area is 118 Å². The molecule has 2 rings (SSSR count). The average molecular weight is 279 g/mol. The van der Waals surface area contributed by atoms with Gasteiger partial charge in [0.2, 0.25) is 5.56 Å². The minimum Gasteiger partial charge on any atom is -0.380 e. The number of nitrogens with zero attached hydrogens (tertiary/aromatic N) is 2. The van der Waals surface area contributed by atoms with Crippen LogP contribution >= 0.6 is 0 Å². The second kappa shape index (κ2) is 6.67. The topological polar surface area (TPSA) is 63.6 Å². The molecule has 1 aromatic heterocycles. The summed E-state index contributed by atoms with van der Waals surface area (Å²) in [7, 11) is 3.68. The highest BCUT2D eigenvalue weighted by atomic mass is 16.5. The molecule has 0 bridgehead atoms. The summed E-state index contributed by atoms with van der Waals surface area (Å²) in [5.74, 6) is 0.131. The lowest BCUT2D eigenvalue weighted by atomic mass is 10.1. The number of carbonyl (C=O) groups is 1. The van der Waals surface area contributed by atoms with E-state index in [1.54, 1.807) is 19.3 Å². The van der Waals surface area contributed by atoms with Crippen LogP contribution < -0.4 is 10.9 Å². The summed E-state index contributed by atoms with van der Waals surface area (Å²) in [6.45, 7) is 3.81. The van der Waals surface area contributed by atoms with Gasteiger partial charge in [0.1, 0.15) is 0 Å². The van der Waals surface area contributed by atoms with Crippen LogP contribution in [0.4, 0.5) is 0 Å². The normalized spacial score (nSPS) is 20.4. The maximum atomic E-state index is 12.0. The lowest BCUT2D eigenvalue weighted by Crippen LogP contribution is -2.36. The van der Waals surface area contributed by atoms with Crippen molar-refractivity contribution in [3.8, 4) is 0 Å². The Balaban J connectivity index is 1.91. The number of pyridine rings is 1. The van der Waals surface area contributed by atoms with E-state index in [1.165, 1.54) is 10.6 Å². The molecule has 1 aliphatic heterocycles. The van der Waals surface area contributed by atoms with Crippen LogP contribution in [0, 0.1) is 5.92 Å². The number of aromatic nitrogens is 1. The zero-order valence-electron chi connectivity index (χ0n) is 12.0. The smallest absolute Gasteiger partial charge is 0.252 e. The van der Waals surface area contributed by atoms with Crippen LogP contribution in [0.1, 0.15) is 10.4 Å². The van der Waals surface area contributed by atoms with Crippen LogP contribution in [-0.4, -0.2) is 55.3 Å². The lowest BCUT2D eigenvalue weighted by molar-refractivity contribution is 0.0920. The van der Waals surface area contributed by atoms with E-state index in [0.29, 0.717) is 24.6 Å². The first-order chi connectivity index (χ1) is 9.56. The maximum absolute atomic E-state index is 12.0. The van der Waals surface area contributed by atoms with E-state index >= 15 is 0 Å². The Kier molecular flexibility index (Phi) is 4.92. The molecule has 20 heavy (non-hydrogen) atoms. The molecule has 0 spiro atoms. The van der Waals surface area contributed by atoms with Crippen molar-refractivity contribution < 1.29 is 9.53 Å². The molecule has 1 atom stereocenters. The van der Waals surface area contributed by atoms with Crippen molar-refractivity contribution in [2.24, 2.45) is 13.0 Å². The van der Waals surface area contributed by atoms with E-state index in [0.717, 1.165) is 19.7 Å². The van der Waals surface area contributed by atoms with Gasteiger partial charge in [0.05, 0.1) is 18.8 Å². The fraction of sp³-hybridized carbons (Fsp3) is 0.571. The number of aryl methyl sites for hydroxylation is 1. The summed E-state index contributed by atoms with van der Waals surface area (Å²) in [6, 6.07) is 2.95. The molecule has 0 aliphatic carbocycles. The van der Waals surface area contributed by atoms with E-state index in [1.807, 2.05) is 0 Å². The molecule has 1 N–H and O–H groups in total. The molecular formula is C14H21N3O3. The minimum atomic E-state index is -0.160. The fourth-order valence-corrected chi connectivity index (χ4v) is 2.25. The molecule has 0 radical (unpaired) electrons. The SMILES string of the molecule is CN1CCOCC(CNC(=O)c2ccc(=O)n(C)c2)C1. The van der Waals surface area contributed by atoms with Gasteiger partial charge in [-0.05, 0) is 13.1 Å². The number of nitrogens with one attached hydrogen (secondary N) is 1. The number of ether oxygens (including phenoxy) is 1. The molecule has 1 unspecified atom stereocenters. The lowest BCUT2D eigenvalue weighted by Gasteiger charge is -2.19. The third-order valence-electron chi connectivity index (χ3n) is 3.44. The summed E-state index contributed by atoms with van der Waals surface area (Å²) >= 11 is 0. The quantitative estimate of drug-likeness (QED) is 0.824. The first-order valence-electron chi connectivity index (χ1n) is 6.77. The molecule has 0 saturated carbocycles. The Morgan fingerprint density at radius 1 is 1.45 bits per heavy atom. The number of likely N-dealkylation sites (N-methyl/N-ethyl adjacent to an activating group) is 1. The van der Waals surface area contributed by atoms with Gasteiger partial charge in [0, 0.05) is 44.9 Å². The van der Waals surface area contributed by atoms with Crippen LogP contribution in [-0.2, 0) is 11.8 Å². The Hall–Kier alpha value is -1.66. The van der Waals surface area contributed by atoms with E-state index in [-0.39, 0.29) is 11.5 Å². The summed E-state index contributed by atoms with van der Waals surface area (Å²) in [6.07, 6.45) is 1.55. The second-order valence-electron chi connectivity index (χ2n) is 5.28. The minimum absolute atomic E-state index is 0.125. The van der Waals surface area contributed by atoms with Crippen LogP contribution in [0.25, 0.3) is 0 Å². The average Bonchev–Trinajstić information content (AvgIpc) is 2.63. The van der Waals surface area contributed by atoms with Crippen molar-refractivity contribution in [3.63, 3.8) is 0 Å². The number of rotatable bonds is 3. The van der Waals surface area contributed by atoms with E-state index < -0.39 is 0 Å². The Morgan fingerprint density at radius 2 is 2.25 bits per heavy atom. The second-order valence-corrected chi connectivity index (χ2v) is 5.28. The van der Waals surface area contributed by atoms with Crippen LogP contribution in [0.5, 0.6) is 0 Å². The molecule has 110 valence electrons. The molecular weight excluding hydrogens is 258 g/mol. The summed E-state index contributed by atoms with van der Waals surface area (Å²) in [5.41, 5.74) is 0.371. The van der Waals surface area contributed by atoms with Crippen molar-refractivity contribution in [1.29, 1.82) is 0 Å². The van der Waals surface area contributed by atoms with E-state index in [4.69, 9.17) is 4.74 Å². The molecule has 1 aliphatic rings. The third kappa shape index (κ3) is 3.91. The zero-order chi connectivity index (χ0) is 14.5. The highest BCUT2D eigenvalue weighted by molar-refractivity contribution is 5.93. The number of amides is 1. The van der Waals surface area contributed by atoms with Crippen LogP contribution in [0.3, 0.4) is 0 Å². The van der Waals surface area contributed by atoms with Gasteiger partial charge >= 0.3 is 0 Å². The molecule has 1 fully saturated rings. The summed E-state index contributed by atoms with van der Waals surface area (Å²) in [5, 5.41) is 2.90. The van der Waals surface area contributed by atoms with E-state index in [2.05, 4.69) is 17.3 Å². The van der Waals surface area contributed by atoms with E-state index in [9.17, 15) is 9.59 Å². The first-order valence-corrected chi connectivity index (χ1v) is 6.77. The van der Waals surface area contributed by atoms with Gasteiger partial charge in [-0.2, -0.15) is 0 Å². The predicted octanol–water partition coefficient (Wildman–Crippen LogP) is -0.307. The van der Waals surface area contributed by atoms with Crippen molar-refractivity contribution >= 4 is 5.91 Å². The Morgan fingerprint density at radius 3 is 3.00 bits per heavy atom. The van der Waals surface area contributed by atoms with Crippen LogP contribution in [0.15, 0.2) is 23.1 Å². The molecule has 1 amide bonds. The van der Waals surface area contributed by atoms with Crippen molar-refractivity contribution in [2.75, 3.05) is 39.9 Å². The monoisotopic (exact) mass is 279 g/mol. The van der Waals surface area contributed by atoms with Crippen molar-refractivity contribution in [3.05, 3.63) is 34.2 Å². The van der Waals surface area contributed by atoms with Crippen molar-refractivity contribution in [1.82, 2.24) is 14.8 Å². The van der Waals surface area contributed by atoms with Gasteiger partial charge in [0.15, 0.2) is 0 Å². The van der Waals surface area contributed by atoms with Crippen LogP contribution in [0.2, 0.25) is 0 Å². The van der Waals surface area contributed by atoms with Gasteiger partial charge in [0.25, 0.3) is 5.91 Å². The van der Waals surface area contributed by atoms with Crippen molar-refractivity contribution in [2.45, 2.75) is 0 Å². The Bertz CT molecular complexity index is 527. The standard InChI is InChI=1S/C14H21N3O3/c1-16-5-6-20-10-11(8-16)7-15-14(19)12-3-4-13(18)17(2)9-12/h3-4,9,11H,5-8,10H2,1-2H3,(H,15,19). The van der Waals surface area contributed by atoms with Gasteiger partial charge in [-0.1, -0.05) is 0 Å². The molecule has 6 heteroatoms. The largest absolute Gasteiger partial charge is 0.380 e. The van der Waals surface area contributed by atoms with Gasteiger partial charge in [-0.15, -0.1) is 0 Å². The molecule has 6 nitrogen and oxygen atoms in total. The molecule has 1 saturated heterocycles. The number of carbonyl (C=O) groups excluding carboxylic acids is 1. The highest BCUT2D eigenvalue weighted by Gasteiger charge is 2.17. The van der Waals surface area contributed by atoms with Gasteiger partial charge < -0.3 is 19.5 Å². The predicted molar refractivity (Wildman–Crippen MR) is 75.8 cm³/mol. The summed E-state index contributed by atoms with van der Waals surface area (Å²) in [4.78, 5) is 25.5. The zero-order valence-corrected chi connectivity index (χ0v) is 12.0. The third-order valence-corrected chi connectivity index (χ3v) is 3.44. The highest BCUT2D eigenvalue weighted by Crippen LogP contribution is 2.05. The first kappa shape index (κ1) is 14.7.